The Hall–Kier alpha value is -5.18. The fraction of sp³-hybridized carbons (Fsp3) is 0.412. The number of rotatable bonds is 23. The van der Waals surface area contributed by atoms with Crippen molar-refractivity contribution in [3.05, 3.63) is 71.8 Å². The maximum Gasteiger partial charge on any atom is 0.327 e. The molecule has 6 amide bonds. The van der Waals surface area contributed by atoms with E-state index in [-0.39, 0.29) is 37.4 Å². The number of nitrogens with one attached hydrogen (secondary N) is 6. The molecule has 0 heterocycles. The van der Waals surface area contributed by atoms with Crippen molar-refractivity contribution in [3.8, 4) is 0 Å². The lowest BCUT2D eigenvalue weighted by atomic mass is 10.1. The lowest BCUT2D eigenvalue weighted by Gasteiger charge is -2.21. The van der Waals surface area contributed by atoms with E-state index in [1.807, 2.05) is 0 Å². The van der Waals surface area contributed by atoms with Gasteiger partial charge in [0.25, 0.3) is 0 Å². The van der Waals surface area contributed by atoms with Crippen molar-refractivity contribution >= 4 is 69.0 Å². The molecule has 0 aliphatic rings. The summed E-state index contributed by atoms with van der Waals surface area (Å²) in [6.45, 7) is 1.79. The number of carbonyl (C=O) groups excluding carboxylic acids is 6. The molecular weight excluding hydrogens is 745 g/mol. The van der Waals surface area contributed by atoms with Crippen LogP contribution in [0.3, 0.4) is 0 Å². The van der Waals surface area contributed by atoms with Crippen LogP contribution in [0.2, 0.25) is 0 Å². The lowest BCUT2D eigenvalue weighted by molar-refractivity contribution is -0.141. The van der Waals surface area contributed by atoms with E-state index in [2.05, 4.69) is 31.9 Å². The van der Waals surface area contributed by atoms with E-state index in [1.54, 1.807) is 60.7 Å². The molecule has 0 spiro atoms. The van der Waals surface area contributed by atoms with Crippen LogP contribution in [-0.2, 0) is 51.2 Å². The summed E-state index contributed by atoms with van der Waals surface area (Å²) < 4.78 is 0. The average Bonchev–Trinajstić information content (AvgIpc) is 3.12. The van der Waals surface area contributed by atoms with Crippen LogP contribution in [0.1, 0.15) is 25.0 Å². The zero-order valence-electron chi connectivity index (χ0n) is 29.6. The number of nitrogens with two attached hydrogens (primary N) is 2. The molecule has 0 fully saturated rings. The monoisotopic (exact) mass is 790 g/mol. The Labute approximate surface area is 319 Å². The molecule has 294 valence electrons. The highest BCUT2D eigenvalue weighted by molar-refractivity contribution is 8.76. The van der Waals surface area contributed by atoms with E-state index in [9.17, 15) is 48.6 Å². The van der Waals surface area contributed by atoms with Crippen molar-refractivity contribution in [2.75, 3.05) is 24.6 Å². The van der Waals surface area contributed by atoms with Gasteiger partial charge in [0, 0.05) is 51.3 Å². The molecule has 2 rings (SSSR count). The third-order valence-electron chi connectivity index (χ3n) is 7.40. The topological polar surface area (TPSA) is 301 Å². The third-order valence-corrected chi connectivity index (χ3v) is 9.82. The van der Waals surface area contributed by atoms with Crippen molar-refractivity contribution in [1.29, 1.82) is 0 Å². The highest BCUT2D eigenvalue weighted by atomic mass is 33.1. The number of hydrogen-bond acceptors (Lipinski definition) is 12. The molecule has 2 aromatic rings. The highest BCUT2D eigenvalue weighted by Gasteiger charge is 2.28. The number of carboxylic acid groups (broad SMARTS) is 2. The first-order chi connectivity index (χ1) is 25.6. The van der Waals surface area contributed by atoms with Gasteiger partial charge in [0.05, 0.1) is 0 Å². The Morgan fingerprint density at radius 3 is 1.17 bits per heavy atom. The van der Waals surface area contributed by atoms with Gasteiger partial charge in [0.2, 0.25) is 35.4 Å². The summed E-state index contributed by atoms with van der Waals surface area (Å²) in [7, 11) is 1.82. The normalized spacial score (nSPS) is 14.1. The molecule has 0 aromatic heterocycles. The summed E-state index contributed by atoms with van der Waals surface area (Å²) in [6, 6.07) is 10.4. The van der Waals surface area contributed by atoms with Gasteiger partial charge in [-0.25, -0.2) is 9.59 Å². The molecule has 18 nitrogen and oxygen atoms in total. The summed E-state index contributed by atoms with van der Waals surface area (Å²) in [5.41, 5.74) is 13.4. The molecule has 0 unspecified atom stereocenters. The Bertz CT molecular complexity index is 1490. The molecule has 0 saturated heterocycles. The molecule has 54 heavy (non-hydrogen) atoms. The van der Waals surface area contributed by atoms with E-state index in [1.165, 1.54) is 13.8 Å². The van der Waals surface area contributed by atoms with E-state index in [0.717, 1.165) is 32.7 Å². The molecule has 20 heteroatoms. The number of aliphatic carboxylic acids is 2. The van der Waals surface area contributed by atoms with Crippen LogP contribution in [-0.4, -0.2) is 118 Å². The highest BCUT2D eigenvalue weighted by Crippen LogP contribution is 2.23. The van der Waals surface area contributed by atoms with Gasteiger partial charge in [0.1, 0.15) is 36.3 Å². The van der Waals surface area contributed by atoms with Crippen molar-refractivity contribution in [2.45, 2.75) is 62.9 Å². The molecule has 12 N–H and O–H groups in total. The molecule has 0 radical (unpaired) electrons. The fourth-order valence-electron chi connectivity index (χ4n) is 4.60. The lowest BCUT2D eigenvalue weighted by Crippen LogP contribution is -2.55. The molecule has 0 aliphatic carbocycles. The van der Waals surface area contributed by atoms with Crippen LogP contribution in [0, 0.1) is 0 Å². The van der Waals surface area contributed by atoms with Gasteiger partial charge in [-0.05, 0) is 11.1 Å². The van der Waals surface area contributed by atoms with Crippen LogP contribution in [0.25, 0.3) is 0 Å². The largest absolute Gasteiger partial charge is 0.480 e. The van der Waals surface area contributed by atoms with Gasteiger partial charge in [0.15, 0.2) is 0 Å². The molecule has 0 aliphatic heterocycles. The van der Waals surface area contributed by atoms with Gasteiger partial charge in [-0.15, -0.1) is 0 Å². The standard InChI is InChI=1S/C34H46N8O10S2/c1-19(43)39-25(13-21-9-5-3-6-10-21)31(47)37-15-23(35)29(45)41-27(33(49)50)17-53-54-18-28(34(51)52)42-30(46)24(36)16-38-32(48)26(40-20(2)44)14-22-11-7-4-8-12-22/h3-12,23-28H,13-18,35-36H2,1-2H3,(H,37,47)(H,38,48)(H,39,43)(H,40,44)(H,41,45)(H,42,46)(H,49,50)(H,51,52)/t23-,24-,25-,26-,27-,28-/m0/s1. The van der Waals surface area contributed by atoms with Crippen molar-refractivity contribution < 1.29 is 48.6 Å². The number of carbonyl (C=O) groups is 8. The summed E-state index contributed by atoms with van der Waals surface area (Å²) in [4.78, 5) is 97.9. The van der Waals surface area contributed by atoms with E-state index in [4.69, 9.17) is 11.5 Å². The van der Waals surface area contributed by atoms with Gasteiger partial charge >= 0.3 is 11.9 Å². The van der Waals surface area contributed by atoms with E-state index < -0.39 is 83.6 Å². The maximum absolute atomic E-state index is 12.8. The predicted octanol–water partition coefficient (Wildman–Crippen LogP) is -2.11. The maximum atomic E-state index is 12.8. The number of amides is 6. The molecule has 6 atom stereocenters. The third kappa shape index (κ3) is 17.1. The number of carboxylic acids is 2. The Balaban J connectivity index is 1.83. The summed E-state index contributed by atoms with van der Waals surface area (Å²) in [5, 5.41) is 33.9. The molecule has 0 bridgehead atoms. The molecule has 0 saturated carbocycles. The Morgan fingerprint density at radius 2 is 0.870 bits per heavy atom. The first kappa shape index (κ1) is 45.0. The van der Waals surface area contributed by atoms with E-state index in [0.29, 0.717) is 0 Å². The van der Waals surface area contributed by atoms with E-state index >= 15 is 0 Å². The van der Waals surface area contributed by atoms with Crippen molar-refractivity contribution in [3.63, 3.8) is 0 Å². The first-order valence-corrected chi connectivity index (χ1v) is 19.1. The van der Waals surface area contributed by atoms with Crippen molar-refractivity contribution in [1.82, 2.24) is 31.9 Å². The average molecular weight is 791 g/mol. The first-order valence-electron chi connectivity index (χ1n) is 16.6. The van der Waals surface area contributed by atoms with Crippen LogP contribution >= 0.6 is 21.6 Å². The fourth-order valence-corrected chi connectivity index (χ4v) is 6.91. The van der Waals surface area contributed by atoms with Gasteiger partial charge in [-0.3, -0.25) is 28.8 Å². The Kier molecular flexibility index (Phi) is 19.6. The Morgan fingerprint density at radius 1 is 0.537 bits per heavy atom. The van der Waals surface area contributed by atoms with Crippen LogP contribution in [0.15, 0.2) is 60.7 Å². The molecule has 2 aromatic carbocycles. The van der Waals surface area contributed by atoms with Gasteiger partial charge < -0.3 is 53.6 Å². The second-order valence-electron chi connectivity index (χ2n) is 12.0. The summed E-state index contributed by atoms with van der Waals surface area (Å²) in [5.74, 6) is -7.10. The smallest absolute Gasteiger partial charge is 0.327 e. The number of benzene rings is 2. The predicted molar refractivity (Wildman–Crippen MR) is 202 cm³/mol. The quantitative estimate of drug-likeness (QED) is 0.0426. The van der Waals surface area contributed by atoms with Crippen LogP contribution in [0.4, 0.5) is 0 Å². The summed E-state index contributed by atoms with van der Waals surface area (Å²) >= 11 is 0. The molecular formula is C34H46N8O10S2. The SMILES string of the molecule is CC(=O)N[C@@H](Cc1ccccc1)C(=O)NC[C@H](N)C(=O)N[C@@H](CSSC[C@H](NC(=O)[C@@H](N)CNC(=O)[C@H](Cc1ccccc1)NC(C)=O)C(=O)O)C(=O)O. The zero-order chi connectivity index (χ0) is 40.2. The number of hydrogen-bond donors (Lipinski definition) is 10. The van der Waals surface area contributed by atoms with Crippen molar-refractivity contribution in [2.24, 2.45) is 11.5 Å². The van der Waals surface area contributed by atoms with Gasteiger partial charge in [-0.1, -0.05) is 82.3 Å². The second-order valence-corrected chi connectivity index (χ2v) is 14.5. The minimum atomic E-state index is -1.44. The van der Waals surface area contributed by atoms with Crippen LogP contribution < -0.4 is 43.4 Å². The van der Waals surface area contributed by atoms with Gasteiger partial charge in [-0.2, -0.15) is 0 Å². The minimum absolute atomic E-state index is 0.179. The minimum Gasteiger partial charge on any atom is -0.480 e. The second kappa shape index (κ2) is 23.5. The zero-order valence-corrected chi connectivity index (χ0v) is 31.2. The van der Waals surface area contributed by atoms with Crippen LogP contribution in [0.5, 0.6) is 0 Å². The summed E-state index contributed by atoms with van der Waals surface area (Å²) in [6.07, 6.45) is 0.357.